The fraction of sp³-hybridized carbons (Fsp3) is 0.391. The first kappa shape index (κ1) is 24.9. The number of amides is 3. The maximum Gasteiger partial charge on any atom is 0.341 e. The SMILES string of the molecule is CCOC(=O)c1c(NC(=O)CN2C(=O)c3ccccc3C2=O)sc2c1CCN(C(C)C)C2.Cl. The number of anilines is 1. The Morgan fingerprint density at radius 2 is 1.79 bits per heavy atom. The Morgan fingerprint density at radius 3 is 2.36 bits per heavy atom. The zero-order chi connectivity index (χ0) is 23.0. The third-order valence-electron chi connectivity index (χ3n) is 5.73. The van der Waals surface area contributed by atoms with Crippen LogP contribution >= 0.6 is 23.7 Å². The van der Waals surface area contributed by atoms with Gasteiger partial charge in [-0.25, -0.2) is 4.79 Å². The van der Waals surface area contributed by atoms with E-state index in [-0.39, 0.29) is 30.1 Å². The van der Waals surface area contributed by atoms with Gasteiger partial charge in [0, 0.05) is 24.0 Å². The Labute approximate surface area is 202 Å². The van der Waals surface area contributed by atoms with Crippen LogP contribution < -0.4 is 5.32 Å². The highest BCUT2D eigenvalue weighted by molar-refractivity contribution is 7.17. The van der Waals surface area contributed by atoms with Gasteiger partial charge in [-0.3, -0.25) is 24.2 Å². The van der Waals surface area contributed by atoms with Gasteiger partial charge in [0.05, 0.1) is 23.3 Å². The number of carbonyl (C=O) groups is 4. The molecule has 0 saturated carbocycles. The molecule has 0 spiro atoms. The van der Waals surface area contributed by atoms with Crippen LogP contribution in [-0.2, 0) is 22.5 Å². The van der Waals surface area contributed by atoms with Gasteiger partial charge in [-0.2, -0.15) is 0 Å². The zero-order valence-corrected chi connectivity index (χ0v) is 20.3. The summed E-state index contributed by atoms with van der Waals surface area (Å²) < 4.78 is 5.24. The predicted octanol–water partition coefficient (Wildman–Crippen LogP) is 3.35. The molecule has 1 aromatic carbocycles. The van der Waals surface area contributed by atoms with Crippen molar-refractivity contribution < 1.29 is 23.9 Å². The summed E-state index contributed by atoms with van der Waals surface area (Å²) in [7, 11) is 0. The average Bonchev–Trinajstić information content (AvgIpc) is 3.23. The number of thiophene rings is 1. The number of hydrogen-bond donors (Lipinski definition) is 1. The number of carbonyl (C=O) groups excluding carboxylic acids is 4. The molecule has 176 valence electrons. The number of esters is 1. The lowest BCUT2D eigenvalue weighted by Gasteiger charge is -2.30. The van der Waals surface area contributed by atoms with Gasteiger partial charge in [0.25, 0.3) is 11.8 Å². The van der Waals surface area contributed by atoms with Crippen LogP contribution in [0.15, 0.2) is 24.3 Å². The van der Waals surface area contributed by atoms with Crippen molar-refractivity contribution in [1.29, 1.82) is 0 Å². The molecule has 0 aliphatic carbocycles. The summed E-state index contributed by atoms with van der Waals surface area (Å²) in [5.74, 6) is -2.00. The van der Waals surface area contributed by atoms with Crippen molar-refractivity contribution in [1.82, 2.24) is 9.80 Å². The smallest absolute Gasteiger partial charge is 0.341 e. The summed E-state index contributed by atoms with van der Waals surface area (Å²) >= 11 is 1.35. The molecule has 1 aromatic heterocycles. The van der Waals surface area contributed by atoms with Crippen molar-refractivity contribution in [3.05, 3.63) is 51.4 Å². The van der Waals surface area contributed by atoms with Crippen molar-refractivity contribution >= 4 is 52.4 Å². The van der Waals surface area contributed by atoms with Crippen molar-refractivity contribution in [2.75, 3.05) is 25.0 Å². The first-order chi connectivity index (χ1) is 15.3. The fourth-order valence-corrected chi connectivity index (χ4v) is 5.34. The Morgan fingerprint density at radius 1 is 1.15 bits per heavy atom. The van der Waals surface area contributed by atoms with E-state index in [4.69, 9.17) is 4.74 Å². The largest absolute Gasteiger partial charge is 0.462 e. The third-order valence-corrected chi connectivity index (χ3v) is 6.86. The lowest BCUT2D eigenvalue weighted by atomic mass is 10.0. The van der Waals surface area contributed by atoms with E-state index in [1.54, 1.807) is 31.2 Å². The first-order valence-electron chi connectivity index (χ1n) is 10.6. The highest BCUT2D eigenvalue weighted by Crippen LogP contribution is 2.38. The molecule has 3 amide bonds. The molecule has 8 nitrogen and oxygen atoms in total. The monoisotopic (exact) mass is 491 g/mol. The van der Waals surface area contributed by atoms with E-state index >= 15 is 0 Å². The fourth-order valence-electron chi connectivity index (χ4n) is 4.06. The highest BCUT2D eigenvalue weighted by atomic mass is 35.5. The summed E-state index contributed by atoms with van der Waals surface area (Å²) in [5, 5.41) is 3.16. The molecule has 4 rings (SSSR count). The van der Waals surface area contributed by atoms with Crippen molar-refractivity contribution in [3.63, 3.8) is 0 Å². The van der Waals surface area contributed by atoms with E-state index in [0.29, 0.717) is 29.6 Å². The molecule has 33 heavy (non-hydrogen) atoms. The molecule has 1 N–H and O–H groups in total. The van der Waals surface area contributed by atoms with Crippen LogP contribution in [-0.4, -0.2) is 59.2 Å². The molecule has 2 aliphatic rings. The summed E-state index contributed by atoms with van der Waals surface area (Å²) in [6, 6.07) is 6.86. The van der Waals surface area contributed by atoms with Crippen LogP contribution in [0.25, 0.3) is 0 Å². The number of halogens is 1. The molecular formula is C23H26ClN3O5S. The number of imide groups is 1. The van der Waals surface area contributed by atoms with Crippen LogP contribution in [0.1, 0.15) is 62.3 Å². The molecule has 3 heterocycles. The number of nitrogens with zero attached hydrogens (tertiary/aromatic N) is 2. The minimum atomic E-state index is -0.538. The molecule has 0 radical (unpaired) electrons. The summed E-state index contributed by atoms with van der Waals surface area (Å²) in [4.78, 5) is 54.9. The van der Waals surface area contributed by atoms with Crippen LogP contribution in [0.4, 0.5) is 5.00 Å². The van der Waals surface area contributed by atoms with Crippen LogP contribution in [0.5, 0.6) is 0 Å². The Bertz CT molecular complexity index is 1080. The lowest BCUT2D eigenvalue weighted by Crippen LogP contribution is -2.37. The van der Waals surface area contributed by atoms with E-state index < -0.39 is 30.2 Å². The molecule has 0 unspecified atom stereocenters. The number of ether oxygens (including phenoxy) is 1. The number of rotatable bonds is 6. The van der Waals surface area contributed by atoms with E-state index in [9.17, 15) is 19.2 Å². The number of benzene rings is 1. The second kappa shape index (κ2) is 10.0. The average molecular weight is 492 g/mol. The van der Waals surface area contributed by atoms with Crippen LogP contribution in [0, 0.1) is 0 Å². The molecule has 2 aromatic rings. The van der Waals surface area contributed by atoms with Crippen molar-refractivity contribution in [3.8, 4) is 0 Å². The highest BCUT2D eigenvalue weighted by Gasteiger charge is 2.37. The lowest BCUT2D eigenvalue weighted by molar-refractivity contribution is -0.116. The van der Waals surface area contributed by atoms with E-state index in [0.717, 1.165) is 21.9 Å². The Kier molecular flexibility index (Phi) is 7.56. The van der Waals surface area contributed by atoms with Crippen molar-refractivity contribution in [2.24, 2.45) is 0 Å². The first-order valence-corrected chi connectivity index (χ1v) is 11.4. The third kappa shape index (κ3) is 4.66. The molecule has 0 bridgehead atoms. The summed E-state index contributed by atoms with van der Waals surface area (Å²) in [5.41, 5.74) is 1.86. The Balaban J connectivity index is 0.00000306. The second-order valence-electron chi connectivity index (χ2n) is 8.03. The van der Waals surface area contributed by atoms with Crippen LogP contribution in [0.2, 0.25) is 0 Å². The molecular weight excluding hydrogens is 466 g/mol. The number of nitrogens with one attached hydrogen (secondary N) is 1. The maximum atomic E-state index is 12.8. The predicted molar refractivity (Wildman–Crippen MR) is 127 cm³/mol. The molecule has 0 saturated heterocycles. The number of fused-ring (bicyclic) bond motifs is 2. The van der Waals surface area contributed by atoms with Gasteiger partial charge < -0.3 is 10.1 Å². The van der Waals surface area contributed by atoms with E-state index in [2.05, 4.69) is 24.1 Å². The van der Waals surface area contributed by atoms with Gasteiger partial charge in [0.2, 0.25) is 5.91 Å². The van der Waals surface area contributed by atoms with Crippen LogP contribution in [0.3, 0.4) is 0 Å². The second-order valence-corrected chi connectivity index (χ2v) is 9.14. The zero-order valence-electron chi connectivity index (χ0n) is 18.7. The van der Waals surface area contributed by atoms with Crippen molar-refractivity contribution in [2.45, 2.75) is 39.8 Å². The van der Waals surface area contributed by atoms with Gasteiger partial charge in [0.1, 0.15) is 11.5 Å². The molecule has 0 atom stereocenters. The van der Waals surface area contributed by atoms with Gasteiger partial charge in [0.15, 0.2) is 0 Å². The Hall–Kier alpha value is -2.75. The van der Waals surface area contributed by atoms with Gasteiger partial charge in [-0.05, 0) is 44.9 Å². The maximum absolute atomic E-state index is 12.8. The number of hydrogen-bond acceptors (Lipinski definition) is 7. The summed E-state index contributed by atoms with van der Waals surface area (Å²) in [6.07, 6.45) is 0.687. The minimum absolute atomic E-state index is 0. The molecule has 0 fully saturated rings. The molecule has 10 heteroatoms. The quantitative estimate of drug-likeness (QED) is 0.491. The summed E-state index contributed by atoms with van der Waals surface area (Å²) in [6.45, 7) is 7.29. The van der Waals surface area contributed by atoms with E-state index in [1.807, 2.05) is 0 Å². The van der Waals surface area contributed by atoms with Gasteiger partial charge in [-0.1, -0.05) is 12.1 Å². The topological polar surface area (TPSA) is 96.0 Å². The van der Waals surface area contributed by atoms with E-state index in [1.165, 1.54) is 11.3 Å². The van der Waals surface area contributed by atoms with Gasteiger partial charge in [-0.15, -0.1) is 23.7 Å². The molecule has 2 aliphatic heterocycles. The normalized spacial score (nSPS) is 15.2. The van der Waals surface area contributed by atoms with Gasteiger partial charge >= 0.3 is 5.97 Å². The minimum Gasteiger partial charge on any atom is -0.462 e. The standard InChI is InChI=1S/C23H25N3O5S.ClH/c1-4-31-23(30)19-16-9-10-25(13(2)3)11-17(16)32-20(19)24-18(27)12-26-21(28)14-7-5-6-8-15(14)22(26)29;/h5-8,13H,4,9-12H2,1-3H3,(H,24,27);1H.